The van der Waals surface area contributed by atoms with Gasteiger partial charge in [0.05, 0.1) is 5.39 Å². The highest BCUT2D eigenvalue weighted by molar-refractivity contribution is 6.04. The third kappa shape index (κ3) is 4.79. The second-order valence-electron chi connectivity index (χ2n) is 6.30. The van der Waals surface area contributed by atoms with E-state index >= 15 is 0 Å². The van der Waals surface area contributed by atoms with E-state index in [1.54, 1.807) is 24.3 Å². The Bertz CT molecular complexity index is 756. The van der Waals surface area contributed by atoms with Gasteiger partial charge in [0.1, 0.15) is 0 Å². The molecule has 0 fully saturated rings. The molecule has 3 N–H and O–H groups in total. The molecule has 0 radical (unpaired) electrons. The first-order valence-corrected chi connectivity index (χ1v) is 7.93. The Labute approximate surface area is 147 Å². The zero-order chi connectivity index (χ0) is 17.0. The lowest BCUT2D eigenvalue weighted by Gasteiger charge is -2.13. The molecule has 1 aromatic carbocycles. The van der Waals surface area contributed by atoms with Gasteiger partial charge in [0, 0.05) is 24.5 Å². The van der Waals surface area contributed by atoms with E-state index in [4.69, 9.17) is 5.73 Å². The van der Waals surface area contributed by atoms with Crippen molar-refractivity contribution in [3.8, 4) is 0 Å². The maximum Gasteiger partial charge on any atom is 0.274 e. The van der Waals surface area contributed by atoms with Crippen LogP contribution < -0.4 is 16.6 Å². The molecular formula is C17H25ClN4O2. The summed E-state index contributed by atoms with van der Waals surface area (Å²) >= 11 is 0. The fourth-order valence-electron chi connectivity index (χ4n) is 2.37. The lowest BCUT2D eigenvalue weighted by Crippen LogP contribution is -2.33. The van der Waals surface area contributed by atoms with Crippen LogP contribution >= 0.6 is 12.4 Å². The number of amides is 1. The number of rotatable bonds is 6. The average Bonchev–Trinajstić information content (AvgIpc) is 2.49. The number of aromatic nitrogens is 2. The predicted molar refractivity (Wildman–Crippen MR) is 98.7 cm³/mol. The van der Waals surface area contributed by atoms with Crippen LogP contribution in [0.25, 0.3) is 10.8 Å². The van der Waals surface area contributed by atoms with Gasteiger partial charge < -0.3 is 11.1 Å². The molecular weight excluding hydrogens is 328 g/mol. The van der Waals surface area contributed by atoms with Gasteiger partial charge in [0.15, 0.2) is 5.69 Å². The molecule has 1 aromatic heterocycles. The number of nitrogens with one attached hydrogen (secondary N) is 1. The van der Waals surface area contributed by atoms with Gasteiger partial charge in [0.2, 0.25) is 0 Å². The maximum absolute atomic E-state index is 12.5. The van der Waals surface area contributed by atoms with Crippen LogP contribution in [0.15, 0.2) is 29.1 Å². The lowest BCUT2D eigenvalue weighted by molar-refractivity contribution is 0.0947. The van der Waals surface area contributed by atoms with Crippen molar-refractivity contribution in [1.82, 2.24) is 15.1 Å². The first kappa shape index (κ1) is 20.1. The number of halogens is 1. The van der Waals surface area contributed by atoms with Gasteiger partial charge >= 0.3 is 0 Å². The zero-order valence-electron chi connectivity index (χ0n) is 14.3. The molecule has 1 heterocycles. The molecule has 2 rings (SSSR count). The number of fused-ring (bicyclic) bond motifs is 1. The first-order valence-electron chi connectivity index (χ1n) is 7.93. The molecule has 6 nitrogen and oxygen atoms in total. The van der Waals surface area contributed by atoms with Gasteiger partial charge in [0.25, 0.3) is 11.5 Å². The summed E-state index contributed by atoms with van der Waals surface area (Å²) in [5.41, 5.74) is 5.81. The van der Waals surface area contributed by atoms with E-state index in [9.17, 15) is 9.59 Å². The van der Waals surface area contributed by atoms with Crippen molar-refractivity contribution in [1.29, 1.82) is 0 Å². The van der Waals surface area contributed by atoms with Crippen LogP contribution in [0.1, 0.15) is 37.7 Å². The summed E-state index contributed by atoms with van der Waals surface area (Å²) in [6.45, 7) is 6.86. The van der Waals surface area contributed by atoms with E-state index < -0.39 is 0 Å². The lowest BCUT2D eigenvalue weighted by atomic mass is 10.1. The molecule has 1 atom stereocenters. The van der Waals surface area contributed by atoms with Crippen LogP contribution in [0, 0.1) is 5.92 Å². The number of nitrogens with zero attached hydrogens (tertiary/aromatic N) is 2. The summed E-state index contributed by atoms with van der Waals surface area (Å²) in [5.74, 6) is -0.0188. The van der Waals surface area contributed by atoms with Crippen molar-refractivity contribution in [2.75, 3.05) is 6.54 Å². The number of nitrogens with two attached hydrogens (primary N) is 1. The molecule has 0 aliphatic carbocycles. The van der Waals surface area contributed by atoms with E-state index in [0.29, 0.717) is 30.3 Å². The van der Waals surface area contributed by atoms with Gasteiger partial charge in [-0.15, -0.1) is 12.4 Å². The molecule has 0 spiro atoms. The number of hydrogen-bond acceptors (Lipinski definition) is 4. The summed E-state index contributed by atoms with van der Waals surface area (Å²) in [4.78, 5) is 25.0. The Morgan fingerprint density at radius 1 is 1.25 bits per heavy atom. The zero-order valence-corrected chi connectivity index (χ0v) is 15.1. The fourth-order valence-corrected chi connectivity index (χ4v) is 2.37. The maximum atomic E-state index is 12.5. The smallest absolute Gasteiger partial charge is 0.274 e. The average molecular weight is 353 g/mol. The van der Waals surface area contributed by atoms with Crippen molar-refractivity contribution in [2.45, 2.75) is 39.8 Å². The van der Waals surface area contributed by atoms with E-state index in [0.717, 1.165) is 0 Å². The quantitative estimate of drug-likeness (QED) is 0.831. The Balaban J connectivity index is 0.00000288. The van der Waals surface area contributed by atoms with E-state index in [-0.39, 0.29) is 41.5 Å². The Morgan fingerprint density at radius 3 is 2.46 bits per heavy atom. The Morgan fingerprint density at radius 2 is 1.88 bits per heavy atom. The van der Waals surface area contributed by atoms with Crippen LogP contribution in [0.4, 0.5) is 0 Å². The van der Waals surface area contributed by atoms with Crippen LogP contribution in [0.3, 0.4) is 0 Å². The summed E-state index contributed by atoms with van der Waals surface area (Å²) in [7, 11) is 0. The highest BCUT2D eigenvalue weighted by Crippen LogP contribution is 2.13. The summed E-state index contributed by atoms with van der Waals surface area (Å²) in [6.07, 6.45) is 0.690. The molecule has 1 amide bonds. The third-order valence-electron chi connectivity index (χ3n) is 3.51. The minimum atomic E-state index is -0.278. The number of carbonyl (C=O) groups is 1. The molecule has 1 unspecified atom stereocenters. The topological polar surface area (TPSA) is 90.0 Å². The molecule has 0 aliphatic rings. The van der Waals surface area contributed by atoms with Crippen LogP contribution in [0.5, 0.6) is 0 Å². The van der Waals surface area contributed by atoms with Gasteiger partial charge in [-0.3, -0.25) is 9.59 Å². The van der Waals surface area contributed by atoms with Crippen molar-refractivity contribution >= 4 is 29.1 Å². The highest BCUT2D eigenvalue weighted by Gasteiger charge is 2.16. The molecule has 0 saturated heterocycles. The van der Waals surface area contributed by atoms with Gasteiger partial charge in [-0.05, 0) is 25.3 Å². The number of benzene rings is 1. The van der Waals surface area contributed by atoms with E-state index in [1.165, 1.54) is 4.68 Å². The molecule has 24 heavy (non-hydrogen) atoms. The normalized spacial score (nSPS) is 12.0. The van der Waals surface area contributed by atoms with E-state index in [2.05, 4.69) is 10.4 Å². The monoisotopic (exact) mass is 352 g/mol. The molecule has 0 saturated carbocycles. The largest absolute Gasteiger partial charge is 0.351 e. The summed E-state index contributed by atoms with van der Waals surface area (Å²) in [5, 5.41) is 8.22. The van der Waals surface area contributed by atoms with E-state index in [1.807, 2.05) is 20.8 Å². The van der Waals surface area contributed by atoms with Crippen LogP contribution in [-0.2, 0) is 6.54 Å². The number of carbonyl (C=O) groups excluding carboxylic acids is 1. The van der Waals surface area contributed by atoms with Crippen molar-refractivity contribution in [2.24, 2.45) is 11.7 Å². The van der Waals surface area contributed by atoms with Gasteiger partial charge in [-0.25, -0.2) is 4.68 Å². The van der Waals surface area contributed by atoms with Crippen LogP contribution in [0.2, 0.25) is 0 Å². The predicted octanol–water partition coefficient (Wildman–Crippen LogP) is 1.94. The minimum absolute atomic E-state index is 0. The molecule has 132 valence electrons. The van der Waals surface area contributed by atoms with Gasteiger partial charge in [-0.1, -0.05) is 32.0 Å². The third-order valence-corrected chi connectivity index (χ3v) is 3.51. The van der Waals surface area contributed by atoms with Crippen LogP contribution in [-0.4, -0.2) is 28.3 Å². The standard InChI is InChI=1S/C17H24N4O2.ClH/c1-11(2)10-21-17(23)14-7-5-4-6-13(14)15(20-21)16(22)19-9-8-12(3)18;/h4-7,11-12H,8-10,18H2,1-3H3,(H,19,22);1H. The summed E-state index contributed by atoms with van der Waals surface area (Å²) in [6, 6.07) is 7.10. The number of hydrogen-bond donors (Lipinski definition) is 2. The second kappa shape index (κ2) is 8.80. The molecule has 0 bridgehead atoms. The molecule has 7 heteroatoms. The van der Waals surface area contributed by atoms with Gasteiger partial charge in [-0.2, -0.15) is 5.10 Å². The Kier molecular flexibility index (Phi) is 7.38. The fraction of sp³-hybridized carbons (Fsp3) is 0.471. The first-order chi connectivity index (χ1) is 10.9. The minimum Gasteiger partial charge on any atom is -0.351 e. The van der Waals surface area contributed by atoms with Crippen molar-refractivity contribution in [3.63, 3.8) is 0 Å². The SMILES string of the molecule is CC(C)Cn1nc(C(=O)NCCC(C)N)c2ccccc2c1=O.Cl. The Hall–Kier alpha value is -1.92. The van der Waals surface area contributed by atoms with Crippen molar-refractivity contribution < 1.29 is 4.79 Å². The summed E-state index contributed by atoms with van der Waals surface area (Å²) < 4.78 is 1.38. The highest BCUT2D eigenvalue weighted by atomic mass is 35.5. The molecule has 2 aromatic rings. The molecule has 0 aliphatic heterocycles. The second-order valence-corrected chi connectivity index (χ2v) is 6.30. The van der Waals surface area contributed by atoms with Crippen molar-refractivity contribution in [3.05, 3.63) is 40.3 Å².